The fraction of sp³-hybridized carbons (Fsp3) is 0.938. The van der Waals surface area contributed by atoms with Gasteiger partial charge in [-0.3, -0.25) is 4.90 Å². The van der Waals surface area contributed by atoms with Crippen LogP contribution in [-0.2, 0) is 0 Å². The van der Waals surface area contributed by atoms with Crippen molar-refractivity contribution >= 4 is 0 Å². The zero-order valence-corrected chi connectivity index (χ0v) is 12.8. The van der Waals surface area contributed by atoms with Crippen LogP contribution in [0.3, 0.4) is 0 Å². The van der Waals surface area contributed by atoms with Crippen LogP contribution in [0.1, 0.15) is 52.9 Å². The van der Waals surface area contributed by atoms with Gasteiger partial charge in [0.05, 0.1) is 6.07 Å². The minimum Gasteiger partial charge on any atom is -0.314 e. The second-order valence-electron chi connectivity index (χ2n) is 7.37. The normalized spacial score (nSPS) is 34.5. The van der Waals surface area contributed by atoms with E-state index in [2.05, 4.69) is 37.1 Å². The highest BCUT2D eigenvalue weighted by Gasteiger charge is 2.40. The summed E-state index contributed by atoms with van der Waals surface area (Å²) < 4.78 is 0. The first-order valence-electron chi connectivity index (χ1n) is 7.85. The van der Waals surface area contributed by atoms with Crippen molar-refractivity contribution in [2.24, 2.45) is 11.3 Å². The number of nitriles is 1. The molecular formula is C16H29N3. The Hall–Kier alpha value is -0.590. The van der Waals surface area contributed by atoms with Gasteiger partial charge in [0, 0.05) is 26.2 Å². The van der Waals surface area contributed by atoms with Crippen molar-refractivity contribution in [2.75, 3.05) is 26.2 Å². The van der Waals surface area contributed by atoms with Crippen LogP contribution in [0.5, 0.6) is 0 Å². The smallest absolute Gasteiger partial charge is 0.109 e. The van der Waals surface area contributed by atoms with E-state index in [0.717, 1.165) is 44.9 Å². The third-order valence-corrected chi connectivity index (χ3v) is 5.20. The molecule has 1 heterocycles. The van der Waals surface area contributed by atoms with Crippen LogP contribution in [0.2, 0.25) is 0 Å². The summed E-state index contributed by atoms with van der Waals surface area (Å²) in [5.41, 5.74) is 0.205. The minimum atomic E-state index is -0.178. The highest BCUT2D eigenvalue weighted by molar-refractivity contribution is 5.10. The lowest BCUT2D eigenvalue weighted by atomic mass is 9.76. The van der Waals surface area contributed by atoms with Gasteiger partial charge < -0.3 is 5.32 Å². The van der Waals surface area contributed by atoms with E-state index in [1.165, 1.54) is 19.3 Å². The van der Waals surface area contributed by atoms with Crippen molar-refractivity contribution in [2.45, 2.75) is 58.4 Å². The molecule has 0 aromatic rings. The Balaban J connectivity index is 2.08. The van der Waals surface area contributed by atoms with Crippen molar-refractivity contribution in [3.8, 4) is 6.07 Å². The Morgan fingerprint density at radius 1 is 1.16 bits per heavy atom. The van der Waals surface area contributed by atoms with E-state index in [1.54, 1.807) is 0 Å². The van der Waals surface area contributed by atoms with Crippen LogP contribution in [0.15, 0.2) is 0 Å². The van der Waals surface area contributed by atoms with Crippen LogP contribution in [0.25, 0.3) is 0 Å². The molecule has 2 fully saturated rings. The van der Waals surface area contributed by atoms with Gasteiger partial charge in [-0.15, -0.1) is 0 Å². The van der Waals surface area contributed by atoms with Gasteiger partial charge >= 0.3 is 0 Å². The topological polar surface area (TPSA) is 39.1 Å². The van der Waals surface area contributed by atoms with E-state index in [0.29, 0.717) is 5.41 Å². The molecule has 1 saturated carbocycles. The SMILES string of the molecule is CC(C)(C)C1CCCC(C#N)(N2CCNCC2)CC1. The van der Waals surface area contributed by atoms with Gasteiger partial charge in [0.15, 0.2) is 0 Å². The summed E-state index contributed by atoms with van der Waals surface area (Å²) in [7, 11) is 0. The lowest BCUT2D eigenvalue weighted by Gasteiger charge is -2.41. The van der Waals surface area contributed by atoms with Crippen LogP contribution in [0, 0.1) is 22.7 Å². The van der Waals surface area contributed by atoms with E-state index < -0.39 is 0 Å². The van der Waals surface area contributed by atoms with Crippen molar-refractivity contribution in [1.82, 2.24) is 10.2 Å². The van der Waals surface area contributed by atoms with Gasteiger partial charge in [0.2, 0.25) is 0 Å². The third kappa shape index (κ3) is 3.30. The summed E-state index contributed by atoms with van der Waals surface area (Å²) in [4.78, 5) is 2.45. The van der Waals surface area contributed by atoms with Gasteiger partial charge in [-0.2, -0.15) is 5.26 Å². The molecule has 1 aliphatic carbocycles. The summed E-state index contributed by atoms with van der Waals surface area (Å²) in [6.45, 7) is 11.2. The molecule has 108 valence electrons. The fourth-order valence-electron chi connectivity index (χ4n) is 3.78. The number of nitrogens with zero attached hydrogens (tertiary/aromatic N) is 2. The van der Waals surface area contributed by atoms with Crippen LogP contribution < -0.4 is 5.32 Å². The maximum atomic E-state index is 9.80. The molecule has 0 amide bonds. The van der Waals surface area contributed by atoms with Gasteiger partial charge in [-0.1, -0.05) is 27.2 Å². The highest BCUT2D eigenvalue weighted by atomic mass is 15.2. The first-order chi connectivity index (χ1) is 8.98. The van der Waals surface area contributed by atoms with Crippen molar-refractivity contribution in [3.63, 3.8) is 0 Å². The van der Waals surface area contributed by atoms with Crippen LogP contribution in [0.4, 0.5) is 0 Å². The maximum absolute atomic E-state index is 9.80. The van der Waals surface area contributed by atoms with Crippen molar-refractivity contribution < 1.29 is 0 Å². The first kappa shape index (κ1) is 14.8. The molecule has 19 heavy (non-hydrogen) atoms. The second kappa shape index (κ2) is 5.81. The molecule has 2 rings (SSSR count). The lowest BCUT2D eigenvalue weighted by Crippen LogP contribution is -2.55. The van der Waals surface area contributed by atoms with E-state index in [-0.39, 0.29) is 5.54 Å². The van der Waals surface area contributed by atoms with Gasteiger partial charge in [0.1, 0.15) is 5.54 Å². The molecule has 1 aliphatic heterocycles. The third-order valence-electron chi connectivity index (χ3n) is 5.20. The molecule has 0 aromatic carbocycles. The molecule has 3 nitrogen and oxygen atoms in total. The molecule has 2 unspecified atom stereocenters. The average molecular weight is 263 g/mol. The number of hydrogen-bond acceptors (Lipinski definition) is 3. The Kier molecular flexibility index (Phi) is 4.53. The molecule has 0 aromatic heterocycles. The Morgan fingerprint density at radius 3 is 2.42 bits per heavy atom. The molecule has 0 spiro atoms. The maximum Gasteiger partial charge on any atom is 0.109 e. The molecule has 2 atom stereocenters. The van der Waals surface area contributed by atoms with Crippen molar-refractivity contribution in [1.29, 1.82) is 5.26 Å². The molecule has 0 bridgehead atoms. The number of nitrogens with one attached hydrogen (secondary N) is 1. The lowest BCUT2D eigenvalue weighted by molar-refractivity contribution is 0.100. The number of rotatable bonds is 1. The van der Waals surface area contributed by atoms with Crippen LogP contribution >= 0.6 is 0 Å². The Morgan fingerprint density at radius 2 is 1.84 bits per heavy atom. The summed E-state index contributed by atoms with van der Waals surface area (Å²) in [6.07, 6.45) is 5.83. The standard InChI is InChI=1S/C16H29N3/c1-15(2,3)14-5-4-7-16(13-17,8-6-14)19-11-9-18-10-12-19/h14,18H,4-12H2,1-3H3. The molecule has 1 N–H and O–H groups in total. The zero-order valence-electron chi connectivity index (χ0n) is 12.8. The summed E-state index contributed by atoms with van der Waals surface area (Å²) in [6, 6.07) is 2.70. The van der Waals surface area contributed by atoms with E-state index in [1.807, 2.05) is 0 Å². The number of piperazine rings is 1. The fourth-order valence-corrected chi connectivity index (χ4v) is 3.78. The summed E-state index contributed by atoms with van der Waals surface area (Å²) in [5.74, 6) is 0.769. The predicted octanol–water partition coefficient (Wildman–Crippen LogP) is 2.78. The van der Waals surface area contributed by atoms with Gasteiger partial charge in [-0.05, 0) is 37.0 Å². The molecule has 1 saturated heterocycles. The van der Waals surface area contributed by atoms with E-state index in [4.69, 9.17) is 0 Å². The summed E-state index contributed by atoms with van der Waals surface area (Å²) in [5, 5.41) is 13.2. The zero-order chi connectivity index (χ0) is 13.9. The van der Waals surface area contributed by atoms with E-state index in [9.17, 15) is 5.26 Å². The quantitative estimate of drug-likeness (QED) is 0.739. The second-order valence-corrected chi connectivity index (χ2v) is 7.37. The Labute approximate surface area is 118 Å². The molecule has 3 heteroatoms. The van der Waals surface area contributed by atoms with Crippen molar-refractivity contribution in [3.05, 3.63) is 0 Å². The minimum absolute atomic E-state index is 0.178. The first-order valence-corrected chi connectivity index (χ1v) is 7.85. The molecular weight excluding hydrogens is 234 g/mol. The molecule has 0 radical (unpaired) electrons. The number of hydrogen-bond donors (Lipinski definition) is 1. The monoisotopic (exact) mass is 263 g/mol. The molecule has 2 aliphatic rings. The van der Waals surface area contributed by atoms with Gasteiger partial charge in [-0.25, -0.2) is 0 Å². The Bertz CT molecular complexity index is 333. The van der Waals surface area contributed by atoms with Crippen LogP contribution in [-0.4, -0.2) is 36.6 Å². The van der Waals surface area contributed by atoms with E-state index >= 15 is 0 Å². The highest BCUT2D eigenvalue weighted by Crippen LogP contribution is 2.41. The average Bonchev–Trinajstić information content (AvgIpc) is 2.62. The largest absolute Gasteiger partial charge is 0.314 e. The predicted molar refractivity (Wildman–Crippen MR) is 78.8 cm³/mol. The van der Waals surface area contributed by atoms with Gasteiger partial charge in [0.25, 0.3) is 0 Å². The summed E-state index contributed by atoms with van der Waals surface area (Å²) >= 11 is 0.